The molecule has 0 bridgehead atoms. The smallest absolute Gasteiger partial charge is 0.261 e. The van der Waals surface area contributed by atoms with Gasteiger partial charge in [0.1, 0.15) is 5.75 Å². The van der Waals surface area contributed by atoms with E-state index >= 15 is 0 Å². The second kappa shape index (κ2) is 10.8. The first kappa shape index (κ1) is 22.6. The molecule has 0 aliphatic carbocycles. The third-order valence-electron chi connectivity index (χ3n) is 5.57. The monoisotopic (exact) mass is 421 g/mol. The molecule has 0 aliphatic rings. The van der Waals surface area contributed by atoms with Crippen molar-refractivity contribution in [3.8, 4) is 11.6 Å². The van der Waals surface area contributed by atoms with Crippen LogP contribution >= 0.6 is 0 Å². The van der Waals surface area contributed by atoms with E-state index in [2.05, 4.69) is 23.7 Å². The summed E-state index contributed by atoms with van der Waals surface area (Å²) in [5, 5.41) is 12.3. The lowest BCUT2D eigenvalue weighted by Crippen LogP contribution is -2.24. The van der Waals surface area contributed by atoms with Gasteiger partial charge in [0, 0.05) is 23.5 Å². The Balaban J connectivity index is 1.91. The quantitative estimate of drug-likeness (QED) is 0.398. The van der Waals surface area contributed by atoms with Crippen molar-refractivity contribution in [2.45, 2.75) is 26.8 Å². The van der Waals surface area contributed by atoms with Crippen LogP contribution in [0.4, 0.5) is 0 Å². The molecule has 0 aliphatic heterocycles. The minimum atomic E-state index is -0.220. The van der Waals surface area contributed by atoms with Crippen LogP contribution in [0, 0.1) is 0 Å². The van der Waals surface area contributed by atoms with E-state index in [0.29, 0.717) is 22.9 Å². The predicted octanol–water partition coefficient (Wildman–Crippen LogP) is 3.91. The Morgan fingerprint density at radius 3 is 2.39 bits per heavy atom. The van der Waals surface area contributed by atoms with Crippen LogP contribution in [0.1, 0.15) is 31.4 Å². The van der Waals surface area contributed by atoms with E-state index in [9.17, 15) is 9.90 Å². The molecule has 3 rings (SSSR count). The highest BCUT2D eigenvalue weighted by Gasteiger charge is 2.15. The fourth-order valence-corrected chi connectivity index (χ4v) is 3.68. The van der Waals surface area contributed by atoms with E-state index < -0.39 is 0 Å². The zero-order valence-corrected chi connectivity index (χ0v) is 18.5. The minimum absolute atomic E-state index is 0.0630. The molecular formula is C25H31N3O3. The molecule has 6 nitrogen and oxygen atoms in total. The second-order valence-electron chi connectivity index (χ2n) is 7.44. The summed E-state index contributed by atoms with van der Waals surface area (Å²) in [4.78, 5) is 20.0. The molecule has 0 spiro atoms. The number of aromatic nitrogens is 1. The first-order valence-electron chi connectivity index (χ1n) is 10.8. The van der Waals surface area contributed by atoms with Gasteiger partial charge in [-0.3, -0.25) is 14.4 Å². The molecule has 0 amide bonds. The van der Waals surface area contributed by atoms with Gasteiger partial charge < -0.3 is 14.7 Å². The number of aliphatic imine (C=N–C) groups is 1. The number of hydrogen-bond acceptors (Lipinski definition) is 5. The topological polar surface area (TPSA) is 67.1 Å². The third-order valence-corrected chi connectivity index (χ3v) is 5.57. The Bertz CT molecular complexity index is 1080. The Kier molecular flexibility index (Phi) is 7.84. The van der Waals surface area contributed by atoms with Crippen molar-refractivity contribution in [2.75, 3.05) is 33.3 Å². The Hall–Kier alpha value is -3.12. The number of methoxy groups -OCH3 is 1. The van der Waals surface area contributed by atoms with Crippen molar-refractivity contribution >= 4 is 17.0 Å². The maximum atomic E-state index is 13.1. The molecule has 0 radical (unpaired) electrons. The Morgan fingerprint density at radius 1 is 1.06 bits per heavy atom. The summed E-state index contributed by atoms with van der Waals surface area (Å²) in [6.07, 6.45) is 2.65. The zero-order valence-electron chi connectivity index (χ0n) is 18.5. The molecule has 31 heavy (non-hydrogen) atoms. The lowest BCUT2D eigenvalue weighted by atomic mass is 10.1. The largest absolute Gasteiger partial charge is 0.497 e. The molecule has 0 unspecified atom stereocenters. The van der Waals surface area contributed by atoms with Gasteiger partial charge in [-0.05, 0) is 49.8 Å². The molecule has 6 heteroatoms. The van der Waals surface area contributed by atoms with Gasteiger partial charge in [-0.2, -0.15) is 0 Å². The van der Waals surface area contributed by atoms with E-state index in [1.807, 2.05) is 42.5 Å². The summed E-state index contributed by atoms with van der Waals surface area (Å²) in [7, 11) is 1.61. The standard InChI is InChI=1S/C25H31N3O3/c1-4-27(5-2)16-8-15-26-17-23-21-9-6-7-10-22(21)24(29)28(25(23)30)18-19-11-13-20(31-3)14-12-19/h6-7,9-14,17,30H,4-5,8,15-16,18H2,1-3H3. The lowest BCUT2D eigenvalue weighted by Gasteiger charge is -2.16. The van der Waals surface area contributed by atoms with Crippen molar-refractivity contribution in [3.63, 3.8) is 0 Å². The van der Waals surface area contributed by atoms with Gasteiger partial charge in [-0.15, -0.1) is 0 Å². The van der Waals surface area contributed by atoms with E-state index in [0.717, 1.165) is 37.4 Å². The fourth-order valence-electron chi connectivity index (χ4n) is 3.68. The van der Waals surface area contributed by atoms with E-state index in [1.54, 1.807) is 19.4 Å². The highest BCUT2D eigenvalue weighted by molar-refractivity contribution is 6.01. The first-order valence-corrected chi connectivity index (χ1v) is 10.8. The Labute approximate surface area is 183 Å². The number of ether oxygens (including phenoxy) is 1. The van der Waals surface area contributed by atoms with Crippen LogP contribution in [0.2, 0.25) is 0 Å². The van der Waals surface area contributed by atoms with Crippen LogP contribution in [0.15, 0.2) is 58.3 Å². The SMILES string of the molecule is CCN(CC)CCCN=Cc1c(O)n(Cc2ccc(OC)cc2)c(=O)c2ccccc12. The fraction of sp³-hybridized carbons (Fsp3) is 0.360. The van der Waals surface area contributed by atoms with Crippen molar-refractivity contribution in [3.05, 3.63) is 70.0 Å². The van der Waals surface area contributed by atoms with Gasteiger partial charge >= 0.3 is 0 Å². The average molecular weight is 422 g/mol. The van der Waals surface area contributed by atoms with Crippen LogP contribution in [0.5, 0.6) is 11.6 Å². The van der Waals surface area contributed by atoms with Crippen molar-refractivity contribution in [1.29, 1.82) is 0 Å². The van der Waals surface area contributed by atoms with Crippen molar-refractivity contribution in [1.82, 2.24) is 9.47 Å². The normalized spacial score (nSPS) is 11.6. The molecule has 0 saturated carbocycles. The van der Waals surface area contributed by atoms with Crippen LogP contribution in [0.3, 0.4) is 0 Å². The van der Waals surface area contributed by atoms with Crippen LogP contribution in [-0.2, 0) is 6.54 Å². The third kappa shape index (κ3) is 5.33. The minimum Gasteiger partial charge on any atom is -0.497 e. The molecule has 0 saturated heterocycles. The van der Waals surface area contributed by atoms with Crippen LogP contribution in [-0.4, -0.2) is 54.1 Å². The molecular weight excluding hydrogens is 390 g/mol. The second-order valence-corrected chi connectivity index (χ2v) is 7.44. The van der Waals surface area contributed by atoms with Gasteiger partial charge in [0.2, 0.25) is 5.88 Å². The predicted molar refractivity (Wildman–Crippen MR) is 127 cm³/mol. The number of nitrogens with zero attached hydrogens (tertiary/aromatic N) is 3. The summed E-state index contributed by atoms with van der Waals surface area (Å²) in [5.74, 6) is 0.684. The molecule has 164 valence electrons. The van der Waals surface area contributed by atoms with Gasteiger partial charge in [-0.25, -0.2) is 0 Å². The van der Waals surface area contributed by atoms with E-state index in [-0.39, 0.29) is 18.0 Å². The summed E-state index contributed by atoms with van der Waals surface area (Å²) in [6, 6.07) is 14.8. The number of fused-ring (bicyclic) bond motifs is 1. The van der Waals surface area contributed by atoms with Crippen molar-refractivity contribution in [2.24, 2.45) is 4.99 Å². The maximum absolute atomic E-state index is 13.1. The van der Waals surface area contributed by atoms with Gasteiger partial charge in [-0.1, -0.05) is 44.2 Å². The maximum Gasteiger partial charge on any atom is 0.261 e. The number of rotatable bonds is 10. The van der Waals surface area contributed by atoms with Crippen molar-refractivity contribution < 1.29 is 9.84 Å². The number of hydrogen-bond donors (Lipinski definition) is 1. The van der Waals surface area contributed by atoms with Crippen LogP contribution in [0.25, 0.3) is 10.8 Å². The summed E-state index contributed by atoms with van der Waals surface area (Å²) in [5.41, 5.74) is 1.25. The van der Waals surface area contributed by atoms with Gasteiger partial charge in [0.25, 0.3) is 5.56 Å². The summed E-state index contributed by atoms with van der Waals surface area (Å²) >= 11 is 0. The highest BCUT2D eigenvalue weighted by Crippen LogP contribution is 2.24. The molecule has 3 aromatic rings. The first-order chi connectivity index (χ1) is 15.1. The van der Waals surface area contributed by atoms with Gasteiger partial charge in [0.05, 0.1) is 19.2 Å². The number of benzene rings is 2. The van der Waals surface area contributed by atoms with Crippen LogP contribution < -0.4 is 10.3 Å². The molecule has 0 atom stereocenters. The molecule has 1 heterocycles. The molecule has 2 aromatic carbocycles. The van der Waals surface area contributed by atoms with Gasteiger partial charge in [0.15, 0.2) is 0 Å². The number of aromatic hydroxyl groups is 1. The zero-order chi connectivity index (χ0) is 22.2. The lowest BCUT2D eigenvalue weighted by molar-refractivity contribution is 0.302. The molecule has 1 N–H and O–H groups in total. The number of pyridine rings is 1. The Morgan fingerprint density at radius 2 is 1.74 bits per heavy atom. The summed E-state index contributed by atoms with van der Waals surface area (Å²) < 4.78 is 6.60. The molecule has 0 fully saturated rings. The molecule has 1 aromatic heterocycles. The van der Waals surface area contributed by atoms with E-state index in [1.165, 1.54) is 4.57 Å². The van der Waals surface area contributed by atoms with E-state index in [4.69, 9.17) is 4.74 Å². The highest BCUT2D eigenvalue weighted by atomic mass is 16.5. The summed E-state index contributed by atoms with van der Waals surface area (Å²) in [6.45, 7) is 8.30. The average Bonchev–Trinajstić information content (AvgIpc) is 2.81.